The first kappa shape index (κ1) is 17.4. The first-order chi connectivity index (χ1) is 13.1. The van der Waals surface area contributed by atoms with Crippen LogP contribution in [0.2, 0.25) is 0 Å². The third-order valence-corrected chi connectivity index (χ3v) is 4.83. The van der Waals surface area contributed by atoms with Crippen LogP contribution >= 0.6 is 0 Å². The van der Waals surface area contributed by atoms with E-state index in [4.69, 9.17) is 9.47 Å². The molecule has 140 valence electrons. The molecule has 1 aliphatic carbocycles. The Morgan fingerprint density at radius 1 is 1.07 bits per heavy atom. The highest BCUT2D eigenvalue weighted by Crippen LogP contribution is 2.33. The number of fused-ring (bicyclic) bond motifs is 1. The average molecular weight is 366 g/mol. The molecular weight excluding hydrogens is 344 g/mol. The third kappa shape index (κ3) is 3.74. The van der Waals surface area contributed by atoms with Gasteiger partial charge in [-0.2, -0.15) is 0 Å². The van der Waals surface area contributed by atoms with Crippen LogP contribution in [0.4, 0.5) is 5.69 Å². The molecule has 1 fully saturated rings. The number of nitrogens with zero attached hydrogens (tertiary/aromatic N) is 1. The smallest absolute Gasteiger partial charge is 0.253 e. The number of carbonyl (C=O) groups excluding carboxylic acids is 2. The summed E-state index contributed by atoms with van der Waals surface area (Å²) in [6.07, 6.45) is 1.60. The second-order valence-corrected chi connectivity index (χ2v) is 6.90. The van der Waals surface area contributed by atoms with Gasteiger partial charge in [-0.15, -0.1) is 0 Å². The number of rotatable bonds is 5. The van der Waals surface area contributed by atoms with Crippen molar-refractivity contribution in [1.29, 1.82) is 0 Å². The van der Waals surface area contributed by atoms with Gasteiger partial charge in [-0.25, -0.2) is 0 Å². The maximum Gasteiger partial charge on any atom is 0.253 e. The Bertz CT molecular complexity index is 863. The molecule has 0 spiro atoms. The number of ether oxygens (including phenoxy) is 2. The monoisotopic (exact) mass is 366 g/mol. The van der Waals surface area contributed by atoms with Crippen molar-refractivity contribution in [3.8, 4) is 11.5 Å². The van der Waals surface area contributed by atoms with Crippen molar-refractivity contribution in [3.63, 3.8) is 0 Å². The summed E-state index contributed by atoms with van der Waals surface area (Å²) in [6, 6.07) is 14.6. The number of hydrogen-bond acceptors (Lipinski definition) is 4. The van der Waals surface area contributed by atoms with Crippen molar-refractivity contribution in [2.75, 3.05) is 25.1 Å². The van der Waals surface area contributed by atoms with Gasteiger partial charge >= 0.3 is 0 Å². The van der Waals surface area contributed by atoms with E-state index in [0.29, 0.717) is 35.9 Å². The van der Waals surface area contributed by atoms with Crippen molar-refractivity contribution in [2.24, 2.45) is 5.92 Å². The first-order valence-corrected chi connectivity index (χ1v) is 9.17. The zero-order chi connectivity index (χ0) is 18.8. The standard InChI is InChI=1S/C21H22N2O4/c1-23(21(25)14-10-11-14)17-7-3-2-6-16(17)20(24)22-12-15-13-26-18-8-4-5-9-19(18)27-15/h2-9,14-15H,10-13H2,1H3,(H,22,24). The lowest BCUT2D eigenvalue weighted by Crippen LogP contribution is -2.41. The SMILES string of the molecule is CN(C(=O)C1CC1)c1ccccc1C(=O)NCC1COc2ccccc2O1. The number of nitrogens with one attached hydrogen (secondary N) is 1. The van der Waals surface area contributed by atoms with E-state index in [1.165, 1.54) is 0 Å². The molecule has 1 saturated carbocycles. The van der Waals surface area contributed by atoms with E-state index in [9.17, 15) is 9.59 Å². The Morgan fingerprint density at radius 3 is 2.56 bits per heavy atom. The molecule has 1 atom stereocenters. The molecule has 2 aromatic rings. The van der Waals surface area contributed by atoms with E-state index >= 15 is 0 Å². The molecule has 4 rings (SSSR count). The normalized spacial score (nSPS) is 17.9. The summed E-state index contributed by atoms with van der Waals surface area (Å²) < 4.78 is 11.5. The van der Waals surface area contributed by atoms with Gasteiger partial charge in [-0.1, -0.05) is 24.3 Å². The van der Waals surface area contributed by atoms with Crippen LogP contribution in [0.3, 0.4) is 0 Å². The second kappa shape index (κ2) is 7.31. The summed E-state index contributed by atoms with van der Waals surface area (Å²) in [7, 11) is 1.72. The van der Waals surface area contributed by atoms with Gasteiger partial charge < -0.3 is 19.7 Å². The lowest BCUT2D eigenvalue weighted by Gasteiger charge is -2.27. The lowest BCUT2D eigenvalue weighted by atomic mass is 10.1. The van der Waals surface area contributed by atoms with Crippen LogP contribution in [0.1, 0.15) is 23.2 Å². The first-order valence-electron chi connectivity index (χ1n) is 9.17. The van der Waals surface area contributed by atoms with E-state index in [2.05, 4.69) is 5.32 Å². The van der Waals surface area contributed by atoms with E-state index in [1.54, 1.807) is 30.1 Å². The fourth-order valence-electron chi connectivity index (χ4n) is 3.15. The Labute approximate surface area is 158 Å². The summed E-state index contributed by atoms with van der Waals surface area (Å²) in [5, 5.41) is 2.90. The minimum Gasteiger partial charge on any atom is -0.486 e. The van der Waals surface area contributed by atoms with Crippen LogP contribution in [0, 0.1) is 5.92 Å². The second-order valence-electron chi connectivity index (χ2n) is 6.90. The summed E-state index contributed by atoms with van der Waals surface area (Å²) in [5.41, 5.74) is 1.10. The lowest BCUT2D eigenvalue weighted by molar-refractivity contribution is -0.119. The highest BCUT2D eigenvalue weighted by Gasteiger charge is 2.33. The molecule has 2 aromatic carbocycles. The molecule has 2 amide bonds. The maximum absolute atomic E-state index is 12.7. The number of anilines is 1. The van der Waals surface area contributed by atoms with E-state index in [-0.39, 0.29) is 23.8 Å². The minimum absolute atomic E-state index is 0.0656. The van der Waals surface area contributed by atoms with E-state index in [0.717, 1.165) is 12.8 Å². The van der Waals surface area contributed by atoms with Crippen LogP contribution < -0.4 is 19.7 Å². The molecule has 27 heavy (non-hydrogen) atoms. The molecule has 6 heteroatoms. The van der Waals surface area contributed by atoms with Gasteiger partial charge in [0.05, 0.1) is 17.8 Å². The van der Waals surface area contributed by atoms with Crippen LogP contribution in [-0.4, -0.2) is 38.1 Å². The van der Waals surface area contributed by atoms with Crippen molar-refractivity contribution >= 4 is 17.5 Å². The molecule has 1 aliphatic heterocycles. The number of amides is 2. The van der Waals surface area contributed by atoms with Crippen LogP contribution in [0.15, 0.2) is 48.5 Å². The Hall–Kier alpha value is -3.02. The Kier molecular flexibility index (Phi) is 4.71. The molecule has 0 aromatic heterocycles. The van der Waals surface area contributed by atoms with Gasteiger partial charge in [0.2, 0.25) is 5.91 Å². The molecule has 1 unspecified atom stereocenters. The molecule has 6 nitrogen and oxygen atoms in total. The molecule has 0 bridgehead atoms. The van der Waals surface area contributed by atoms with Crippen LogP contribution in [-0.2, 0) is 4.79 Å². The van der Waals surface area contributed by atoms with Gasteiger partial charge in [0.15, 0.2) is 11.5 Å². The zero-order valence-electron chi connectivity index (χ0n) is 15.2. The van der Waals surface area contributed by atoms with Gasteiger partial charge in [0, 0.05) is 13.0 Å². The fourth-order valence-corrected chi connectivity index (χ4v) is 3.15. The zero-order valence-corrected chi connectivity index (χ0v) is 15.2. The van der Waals surface area contributed by atoms with Crippen LogP contribution in [0.5, 0.6) is 11.5 Å². The summed E-state index contributed by atoms with van der Waals surface area (Å²) >= 11 is 0. The summed E-state index contributed by atoms with van der Waals surface area (Å²) in [4.78, 5) is 26.7. The predicted molar refractivity (Wildman–Crippen MR) is 101 cm³/mol. The molecule has 1 N–H and O–H groups in total. The van der Waals surface area contributed by atoms with E-state index in [1.807, 2.05) is 30.3 Å². The van der Waals surface area contributed by atoms with Crippen molar-refractivity contribution in [2.45, 2.75) is 18.9 Å². The Balaban J connectivity index is 1.41. The molecule has 0 radical (unpaired) electrons. The van der Waals surface area contributed by atoms with Gasteiger partial charge in [0.1, 0.15) is 12.7 Å². The average Bonchev–Trinajstić information content (AvgIpc) is 3.56. The molecular formula is C21H22N2O4. The molecule has 2 aliphatic rings. The third-order valence-electron chi connectivity index (χ3n) is 4.83. The molecule has 0 saturated heterocycles. The topological polar surface area (TPSA) is 67.9 Å². The fraction of sp³-hybridized carbons (Fsp3) is 0.333. The molecule has 1 heterocycles. The van der Waals surface area contributed by atoms with Crippen molar-refractivity contribution < 1.29 is 19.1 Å². The maximum atomic E-state index is 12.7. The summed E-state index contributed by atoms with van der Waals surface area (Å²) in [6.45, 7) is 0.695. The quantitative estimate of drug-likeness (QED) is 0.883. The summed E-state index contributed by atoms with van der Waals surface area (Å²) in [5.74, 6) is 1.32. The number of benzene rings is 2. The van der Waals surface area contributed by atoms with Gasteiger partial charge in [0.25, 0.3) is 5.91 Å². The van der Waals surface area contributed by atoms with Crippen LogP contribution in [0.25, 0.3) is 0 Å². The largest absolute Gasteiger partial charge is 0.486 e. The number of carbonyl (C=O) groups is 2. The van der Waals surface area contributed by atoms with Gasteiger partial charge in [-0.05, 0) is 37.1 Å². The van der Waals surface area contributed by atoms with Crippen molar-refractivity contribution in [1.82, 2.24) is 5.32 Å². The number of para-hydroxylation sites is 3. The highest BCUT2D eigenvalue weighted by atomic mass is 16.6. The van der Waals surface area contributed by atoms with Crippen molar-refractivity contribution in [3.05, 3.63) is 54.1 Å². The highest BCUT2D eigenvalue weighted by molar-refractivity contribution is 6.05. The minimum atomic E-state index is -0.262. The van der Waals surface area contributed by atoms with E-state index < -0.39 is 0 Å². The Morgan fingerprint density at radius 2 is 1.78 bits per heavy atom. The predicted octanol–water partition coefficient (Wildman–Crippen LogP) is 2.63. The van der Waals surface area contributed by atoms with Gasteiger partial charge in [-0.3, -0.25) is 9.59 Å². The number of hydrogen-bond donors (Lipinski definition) is 1.